The first-order valence-corrected chi connectivity index (χ1v) is 6.25. The third-order valence-corrected chi connectivity index (χ3v) is 2.71. The minimum absolute atomic E-state index is 0.474. The van der Waals surface area contributed by atoms with Gasteiger partial charge in [0.25, 0.3) is 0 Å². The SMILES string of the molecule is CC(C)Cc1cccc(CC(C)C)c1C(=O)O. The fourth-order valence-electron chi connectivity index (χ4n) is 2.15. The second-order valence-corrected chi connectivity index (χ2v) is 5.45. The standard InChI is InChI=1S/C15H22O2/c1-10(2)8-12-6-5-7-13(9-11(3)4)14(12)15(16)17/h5-7,10-11H,8-9H2,1-4H3,(H,16,17). The Morgan fingerprint density at radius 1 is 1.06 bits per heavy atom. The molecule has 0 heterocycles. The van der Waals surface area contributed by atoms with Gasteiger partial charge in [-0.25, -0.2) is 4.79 Å². The van der Waals surface area contributed by atoms with Gasteiger partial charge in [-0.2, -0.15) is 0 Å². The average Bonchev–Trinajstić information content (AvgIpc) is 2.14. The van der Waals surface area contributed by atoms with Crippen molar-refractivity contribution in [3.05, 3.63) is 34.9 Å². The normalized spacial score (nSPS) is 11.2. The number of carboxylic acid groups (broad SMARTS) is 1. The van der Waals surface area contributed by atoms with E-state index in [1.807, 2.05) is 18.2 Å². The van der Waals surface area contributed by atoms with Gasteiger partial charge in [0.1, 0.15) is 0 Å². The summed E-state index contributed by atoms with van der Waals surface area (Å²) in [5.74, 6) is 0.154. The van der Waals surface area contributed by atoms with E-state index in [0.717, 1.165) is 24.0 Å². The van der Waals surface area contributed by atoms with Crippen molar-refractivity contribution < 1.29 is 9.90 Å². The summed E-state index contributed by atoms with van der Waals surface area (Å²) >= 11 is 0. The van der Waals surface area contributed by atoms with Crippen LogP contribution in [0.1, 0.15) is 49.2 Å². The van der Waals surface area contributed by atoms with Crippen LogP contribution < -0.4 is 0 Å². The van der Waals surface area contributed by atoms with Gasteiger partial charge in [0, 0.05) is 0 Å². The highest BCUT2D eigenvalue weighted by atomic mass is 16.4. The number of carboxylic acids is 1. The van der Waals surface area contributed by atoms with E-state index in [-0.39, 0.29) is 0 Å². The maximum absolute atomic E-state index is 11.4. The van der Waals surface area contributed by atoms with Crippen LogP contribution in [0, 0.1) is 11.8 Å². The fourth-order valence-corrected chi connectivity index (χ4v) is 2.15. The molecular formula is C15H22O2. The van der Waals surface area contributed by atoms with Gasteiger partial charge in [0.15, 0.2) is 0 Å². The highest BCUT2D eigenvalue weighted by Crippen LogP contribution is 2.21. The number of aromatic carboxylic acids is 1. The van der Waals surface area contributed by atoms with Gasteiger partial charge in [-0.15, -0.1) is 0 Å². The topological polar surface area (TPSA) is 37.3 Å². The van der Waals surface area contributed by atoms with Gasteiger partial charge in [-0.3, -0.25) is 0 Å². The van der Waals surface area contributed by atoms with Crippen LogP contribution in [0.4, 0.5) is 0 Å². The summed E-state index contributed by atoms with van der Waals surface area (Å²) in [5.41, 5.74) is 2.45. The summed E-state index contributed by atoms with van der Waals surface area (Å²) in [4.78, 5) is 11.4. The zero-order chi connectivity index (χ0) is 13.0. The van der Waals surface area contributed by atoms with Gasteiger partial charge in [0.05, 0.1) is 5.56 Å². The molecule has 0 radical (unpaired) electrons. The molecule has 2 heteroatoms. The quantitative estimate of drug-likeness (QED) is 0.841. The van der Waals surface area contributed by atoms with Crippen molar-refractivity contribution >= 4 is 5.97 Å². The van der Waals surface area contributed by atoms with Crippen LogP contribution in [0.5, 0.6) is 0 Å². The smallest absolute Gasteiger partial charge is 0.336 e. The van der Waals surface area contributed by atoms with Crippen LogP contribution in [0.25, 0.3) is 0 Å². The van der Waals surface area contributed by atoms with E-state index in [2.05, 4.69) is 27.7 Å². The van der Waals surface area contributed by atoms with Gasteiger partial charge in [-0.05, 0) is 35.8 Å². The van der Waals surface area contributed by atoms with Crippen LogP contribution in [0.3, 0.4) is 0 Å². The van der Waals surface area contributed by atoms with Gasteiger partial charge < -0.3 is 5.11 Å². The van der Waals surface area contributed by atoms with Crippen molar-refractivity contribution in [1.29, 1.82) is 0 Å². The van der Waals surface area contributed by atoms with Gasteiger partial charge in [-0.1, -0.05) is 45.9 Å². The second-order valence-electron chi connectivity index (χ2n) is 5.45. The van der Waals surface area contributed by atoms with E-state index in [1.54, 1.807) is 0 Å². The zero-order valence-corrected chi connectivity index (χ0v) is 11.2. The monoisotopic (exact) mass is 234 g/mol. The lowest BCUT2D eigenvalue weighted by Gasteiger charge is -2.14. The molecule has 1 N–H and O–H groups in total. The predicted molar refractivity (Wildman–Crippen MR) is 70.5 cm³/mol. The molecule has 17 heavy (non-hydrogen) atoms. The maximum Gasteiger partial charge on any atom is 0.336 e. The maximum atomic E-state index is 11.4. The fraction of sp³-hybridized carbons (Fsp3) is 0.533. The first kappa shape index (κ1) is 13.8. The molecule has 0 unspecified atom stereocenters. The number of rotatable bonds is 5. The molecular weight excluding hydrogens is 212 g/mol. The average molecular weight is 234 g/mol. The summed E-state index contributed by atoms with van der Waals surface area (Å²) in [6, 6.07) is 5.85. The van der Waals surface area contributed by atoms with Crippen LogP contribution in [0.15, 0.2) is 18.2 Å². The number of hydrogen-bond acceptors (Lipinski definition) is 1. The van der Waals surface area contributed by atoms with Crippen molar-refractivity contribution in [2.45, 2.75) is 40.5 Å². The van der Waals surface area contributed by atoms with Crippen LogP contribution in [0.2, 0.25) is 0 Å². The highest BCUT2D eigenvalue weighted by Gasteiger charge is 2.16. The first-order chi connectivity index (χ1) is 7.91. The molecule has 0 aromatic heterocycles. The molecule has 94 valence electrons. The third-order valence-electron chi connectivity index (χ3n) is 2.71. The van der Waals surface area contributed by atoms with E-state index in [0.29, 0.717) is 17.4 Å². The summed E-state index contributed by atoms with van der Waals surface area (Å²) in [5, 5.41) is 9.37. The van der Waals surface area contributed by atoms with E-state index < -0.39 is 5.97 Å². The molecule has 2 nitrogen and oxygen atoms in total. The second kappa shape index (κ2) is 5.85. The Balaban J connectivity index is 3.17. The van der Waals surface area contributed by atoms with E-state index in [9.17, 15) is 9.90 Å². The third kappa shape index (κ3) is 3.88. The molecule has 1 aromatic carbocycles. The van der Waals surface area contributed by atoms with Crippen molar-refractivity contribution in [2.75, 3.05) is 0 Å². The van der Waals surface area contributed by atoms with Crippen LogP contribution >= 0.6 is 0 Å². The summed E-state index contributed by atoms with van der Waals surface area (Å²) in [6.07, 6.45) is 1.65. The summed E-state index contributed by atoms with van der Waals surface area (Å²) in [6.45, 7) is 8.45. The molecule has 0 aliphatic heterocycles. The molecule has 0 fully saturated rings. The number of benzene rings is 1. The lowest BCUT2D eigenvalue weighted by atomic mass is 9.91. The highest BCUT2D eigenvalue weighted by molar-refractivity contribution is 5.91. The number of hydrogen-bond donors (Lipinski definition) is 1. The molecule has 0 amide bonds. The molecule has 0 aliphatic carbocycles. The predicted octanol–water partition coefficient (Wildman–Crippen LogP) is 3.78. The van der Waals surface area contributed by atoms with Crippen molar-refractivity contribution in [3.63, 3.8) is 0 Å². The Hall–Kier alpha value is -1.31. The van der Waals surface area contributed by atoms with Crippen LogP contribution in [-0.2, 0) is 12.8 Å². The van der Waals surface area contributed by atoms with Gasteiger partial charge in [0.2, 0.25) is 0 Å². The largest absolute Gasteiger partial charge is 0.478 e. The lowest BCUT2D eigenvalue weighted by Crippen LogP contribution is -2.10. The molecule has 1 rings (SSSR count). The Bertz CT molecular complexity index is 364. The Morgan fingerprint density at radius 2 is 1.47 bits per heavy atom. The zero-order valence-electron chi connectivity index (χ0n) is 11.2. The van der Waals surface area contributed by atoms with Crippen LogP contribution in [-0.4, -0.2) is 11.1 Å². The van der Waals surface area contributed by atoms with E-state index in [1.165, 1.54) is 0 Å². The van der Waals surface area contributed by atoms with E-state index >= 15 is 0 Å². The number of carbonyl (C=O) groups is 1. The molecule has 0 aliphatic rings. The van der Waals surface area contributed by atoms with Gasteiger partial charge >= 0.3 is 5.97 Å². The molecule has 0 saturated carbocycles. The van der Waals surface area contributed by atoms with Crippen molar-refractivity contribution in [1.82, 2.24) is 0 Å². The Labute approximate surface area is 104 Å². The van der Waals surface area contributed by atoms with Crippen molar-refractivity contribution in [3.8, 4) is 0 Å². The molecule has 0 atom stereocenters. The molecule has 0 spiro atoms. The minimum atomic E-state index is -0.795. The Kier molecular flexibility index (Phi) is 4.73. The Morgan fingerprint density at radius 3 is 1.76 bits per heavy atom. The summed E-state index contributed by atoms with van der Waals surface area (Å²) < 4.78 is 0. The molecule has 1 aromatic rings. The summed E-state index contributed by atoms with van der Waals surface area (Å²) in [7, 11) is 0. The van der Waals surface area contributed by atoms with E-state index in [4.69, 9.17) is 0 Å². The minimum Gasteiger partial charge on any atom is -0.478 e. The lowest BCUT2D eigenvalue weighted by molar-refractivity contribution is 0.0694. The first-order valence-electron chi connectivity index (χ1n) is 6.25. The molecule has 0 bridgehead atoms. The molecule has 0 saturated heterocycles. The van der Waals surface area contributed by atoms with Crippen molar-refractivity contribution in [2.24, 2.45) is 11.8 Å².